The fourth-order valence-electron chi connectivity index (χ4n) is 3.87. The van der Waals surface area contributed by atoms with E-state index in [2.05, 4.69) is 33.7 Å². The molecule has 0 bridgehead atoms. The summed E-state index contributed by atoms with van der Waals surface area (Å²) < 4.78 is 0. The molecule has 2 aliphatic rings. The normalized spacial score (nSPS) is 22.2. The SMILES string of the molecule is CN1CCN(CCCCCCCCCCN2CCN(C)CC2)CC1. The van der Waals surface area contributed by atoms with Crippen LogP contribution in [0.4, 0.5) is 0 Å². The third-order valence-electron chi connectivity index (χ3n) is 5.89. The van der Waals surface area contributed by atoms with Crippen molar-refractivity contribution in [3.63, 3.8) is 0 Å². The highest BCUT2D eigenvalue weighted by Gasteiger charge is 2.13. The van der Waals surface area contributed by atoms with E-state index in [-0.39, 0.29) is 0 Å². The van der Waals surface area contributed by atoms with E-state index in [9.17, 15) is 0 Å². The fourth-order valence-corrected chi connectivity index (χ4v) is 3.87. The molecule has 2 aliphatic heterocycles. The summed E-state index contributed by atoms with van der Waals surface area (Å²) >= 11 is 0. The molecule has 4 nitrogen and oxygen atoms in total. The van der Waals surface area contributed by atoms with Crippen LogP contribution in [0, 0.1) is 0 Å². The second-order valence-electron chi connectivity index (χ2n) is 8.12. The van der Waals surface area contributed by atoms with Crippen molar-refractivity contribution in [2.24, 2.45) is 0 Å². The van der Waals surface area contributed by atoms with Crippen LogP contribution in [0.2, 0.25) is 0 Å². The highest BCUT2D eigenvalue weighted by atomic mass is 15.2. The molecule has 0 atom stereocenters. The lowest BCUT2D eigenvalue weighted by Crippen LogP contribution is -2.44. The topological polar surface area (TPSA) is 13.0 Å². The highest BCUT2D eigenvalue weighted by Crippen LogP contribution is 2.11. The summed E-state index contributed by atoms with van der Waals surface area (Å²) in [5, 5.41) is 0. The van der Waals surface area contributed by atoms with Crippen molar-refractivity contribution in [2.45, 2.75) is 51.4 Å². The van der Waals surface area contributed by atoms with Gasteiger partial charge in [0, 0.05) is 52.4 Å². The molecule has 0 aromatic heterocycles. The van der Waals surface area contributed by atoms with E-state index in [0.29, 0.717) is 0 Å². The van der Waals surface area contributed by atoms with E-state index in [0.717, 1.165) is 0 Å². The number of rotatable bonds is 11. The van der Waals surface area contributed by atoms with Gasteiger partial charge in [-0.1, -0.05) is 38.5 Å². The number of nitrogens with zero attached hydrogens (tertiary/aromatic N) is 4. The van der Waals surface area contributed by atoms with Gasteiger partial charge in [0.25, 0.3) is 0 Å². The van der Waals surface area contributed by atoms with E-state index in [1.807, 2.05) is 0 Å². The maximum absolute atomic E-state index is 2.65. The number of hydrogen-bond acceptors (Lipinski definition) is 4. The van der Waals surface area contributed by atoms with Crippen LogP contribution in [0.15, 0.2) is 0 Å². The fraction of sp³-hybridized carbons (Fsp3) is 1.00. The molecule has 2 saturated heterocycles. The molecule has 0 saturated carbocycles. The molecule has 0 spiro atoms. The zero-order valence-electron chi connectivity index (χ0n) is 16.5. The second-order valence-corrected chi connectivity index (χ2v) is 8.12. The number of unbranched alkanes of at least 4 members (excludes halogenated alkanes) is 7. The van der Waals surface area contributed by atoms with Crippen LogP contribution in [0.5, 0.6) is 0 Å². The molecule has 2 heterocycles. The van der Waals surface area contributed by atoms with Gasteiger partial charge in [-0.15, -0.1) is 0 Å². The van der Waals surface area contributed by atoms with Crippen LogP contribution in [0.3, 0.4) is 0 Å². The predicted molar refractivity (Wildman–Crippen MR) is 105 cm³/mol. The van der Waals surface area contributed by atoms with Gasteiger partial charge in [-0.25, -0.2) is 0 Å². The van der Waals surface area contributed by atoms with Crippen LogP contribution in [-0.4, -0.2) is 99.1 Å². The van der Waals surface area contributed by atoms with Gasteiger partial charge in [-0.3, -0.25) is 0 Å². The van der Waals surface area contributed by atoms with E-state index in [1.54, 1.807) is 0 Å². The van der Waals surface area contributed by atoms with Crippen molar-refractivity contribution in [3.8, 4) is 0 Å². The Balaban J connectivity index is 1.30. The van der Waals surface area contributed by atoms with E-state index < -0.39 is 0 Å². The van der Waals surface area contributed by atoms with Gasteiger partial charge in [0.1, 0.15) is 0 Å². The van der Waals surface area contributed by atoms with Gasteiger partial charge in [0.2, 0.25) is 0 Å². The molecule has 0 unspecified atom stereocenters. The minimum atomic E-state index is 1.26. The Hall–Kier alpha value is -0.160. The minimum absolute atomic E-state index is 1.26. The Morgan fingerprint density at radius 1 is 0.417 bits per heavy atom. The first kappa shape index (κ1) is 20.2. The first-order valence-electron chi connectivity index (χ1n) is 10.6. The molecule has 0 aromatic rings. The number of hydrogen-bond donors (Lipinski definition) is 0. The molecule has 0 radical (unpaired) electrons. The van der Waals surface area contributed by atoms with Crippen LogP contribution >= 0.6 is 0 Å². The van der Waals surface area contributed by atoms with Crippen molar-refractivity contribution in [1.29, 1.82) is 0 Å². The van der Waals surface area contributed by atoms with Crippen molar-refractivity contribution in [3.05, 3.63) is 0 Å². The van der Waals surface area contributed by atoms with Crippen LogP contribution in [0.25, 0.3) is 0 Å². The first-order chi connectivity index (χ1) is 11.7. The van der Waals surface area contributed by atoms with Gasteiger partial charge >= 0.3 is 0 Å². The molecule has 142 valence electrons. The highest BCUT2D eigenvalue weighted by molar-refractivity contribution is 4.70. The van der Waals surface area contributed by atoms with Crippen LogP contribution in [-0.2, 0) is 0 Å². The van der Waals surface area contributed by atoms with Gasteiger partial charge in [0.15, 0.2) is 0 Å². The second kappa shape index (κ2) is 12.2. The molecule has 4 heteroatoms. The standard InChI is InChI=1S/C20H42N4/c1-21-13-17-23(18-14-21)11-9-7-5-3-4-6-8-10-12-24-19-15-22(2)16-20-24/h3-20H2,1-2H3. The Morgan fingerprint density at radius 3 is 1.04 bits per heavy atom. The van der Waals surface area contributed by atoms with Crippen LogP contribution < -0.4 is 0 Å². The molecule has 24 heavy (non-hydrogen) atoms. The van der Waals surface area contributed by atoms with E-state index >= 15 is 0 Å². The Labute approximate surface area is 151 Å². The lowest BCUT2D eigenvalue weighted by atomic mass is 10.1. The third-order valence-corrected chi connectivity index (χ3v) is 5.89. The molecular formula is C20H42N4. The predicted octanol–water partition coefficient (Wildman–Crippen LogP) is 2.60. The maximum atomic E-state index is 2.65. The molecule has 0 aromatic carbocycles. The molecule has 0 aliphatic carbocycles. The summed E-state index contributed by atoms with van der Waals surface area (Å²) in [6.45, 7) is 12.8. The number of likely N-dealkylation sites (N-methyl/N-ethyl adjacent to an activating group) is 2. The minimum Gasteiger partial charge on any atom is -0.304 e. The van der Waals surface area contributed by atoms with Gasteiger partial charge < -0.3 is 19.6 Å². The van der Waals surface area contributed by atoms with Gasteiger partial charge in [-0.2, -0.15) is 0 Å². The third kappa shape index (κ3) is 8.80. The van der Waals surface area contributed by atoms with Crippen molar-refractivity contribution >= 4 is 0 Å². The Kier molecular flexibility index (Phi) is 10.3. The number of piperazine rings is 2. The largest absolute Gasteiger partial charge is 0.304 e. The molecule has 0 amide bonds. The quantitative estimate of drug-likeness (QED) is 0.537. The van der Waals surface area contributed by atoms with Gasteiger partial charge in [0.05, 0.1) is 0 Å². The Morgan fingerprint density at radius 2 is 0.708 bits per heavy atom. The molecule has 2 rings (SSSR count). The average Bonchev–Trinajstić information content (AvgIpc) is 2.60. The smallest absolute Gasteiger partial charge is 0.0110 e. The molecule has 0 N–H and O–H groups in total. The zero-order valence-corrected chi connectivity index (χ0v) is 16.5. The van der Waals surface area contributed by atoms with Crippen molar-refractivity contribution < 1.29 is 0 Å². The monoisotopic (exact) mass is 338 g/mol. The lowest BCUT2D eigenvalue weighted by molar-refractivity contribution is 0.151. The molecule has 2 fully saturated rings. The lowest BCUT2D eigenvalue weighted by Gasteiger charge is -2.32. The first-order valence-corrected chi connectivity index (χ1v) is 10.6. The van der Waals surface area contributed by atoms with Crippen molar-refractivity contribution in [2.75, 3.05) is 79.5 Å². The average molecular weight is 339 g/mol. The van der Waals surface area contributed by atoms with E-state index in [1.165, 1.54) is 117 Å². The summed E-state index contributed by atoms with van der Waals surface area (Å²) in [5.74, 6) is 0. The molecular weight excluding hydrogens is 296 g/mol. The Bertz CT molecular complexity index is 264. The van der Waals surface area contributed by atoms with Crippen LogP contribution in [0.1, 0.15) is 51.4 Å². The van der Waals surface area contributed by atoms with E-state index in [4.69, 9.17) is 0 Å². The summed E-state index contributed by atoms with van der Waals surface area (Å²) in [4.78, 5) is 10.2. The summed E-state index contributed by atoms with van der Waals surface area (Å²) in [7, 11) is 4.48. The summed E-state index contributed by atoms with van der Waals surface area (Å²) in [6.07, 6.45) is 11.5. The van der Waals surface area contributed by atoms with Gasteiger partial charge in [-0.05, 0) is 40.0 Å². The zero-order chi connectivity index (χ0) is 17.0. The van der Waals surface area contributed by atoms with Crippen molar-refractivity contribution in [1.82, 2.24) is 19.6 Å². The summed E-state index contributed by atoms with van der Waals surface area (Å²) in [6, 6.07) is 0. The maximum Gasteiger partial charge on any atom is 0.0110 e. The summed E-state index contributed by atoms with van der Waals surface area (Å²) in [5.41, 5.74) is 0.